The lowest BCUT2D eigenvalue weighted by Gasteiger charge is -2.22. The summed E-state index contributed by atoms with van der Waals surface area (Å²) in [4.78, 5) is 14.6. The molecule has 0 N–H and O–H groups in total. The first-order valence-corrected chi connectivity index (χ1v) is 20.0. The van der Waals surface area contributed by atoms with Crippen molar-refractivity contribution in [1.82, 2.24) is 13.7 Å². The molecule has 0 saturated heterocycles. The maximum absolute atomic E-state index is 14.6. The predicted molar refractivity (Wildman–Crippen MR) is 241 cm³/mol. The lowest BCUT2D eigenvalue weighted by atomic mass is 9.82. The molecule has 1 aliphatic rings. The molecule has 8 aromatic carbocycles. The van der Waals surface area contributed by atoms with Crippen LogP contribution >= 0.6 is 0 Å². The van der Waals surface area contributed by atoms with Crippen LogP contribution in [0.3, 0.4) is 0 Å². The first kappa shape index (κ1) is 32.8. The summed E-state index contributed by atoms with van der Waals surface area (Å²) in [5, 5.41) is 5.07. The van der Waals surface area contributed by atoms with Crippen LogP contribution in [0.4, 0.5) is 0 Å². The Hall–Kier alpha value is -7.43. The number of hydrogen-bond acceptors (Lipinski definition) is 1. The Kier molecular flexibility index (Phi) is 6.80. The fourth-order valence-electron chi connectivity index (χ4n) is 9.96. The second-order valence-corrected chi connectivity index (χ2v) is 16.1. The molecule has 274 valence electrons. The molecule has 0 radical (unpaired) electrons. The predicted octanol–water partition coefficient (Wildman–Crippen LogP) is 13.2. The standard InChI is InChI=1S/C54H37N3O/c1-54(2)46-23-13-11-19-39(46)40-28-27-38(33-47(40)54)55-48-24-14-12-20-41(48)44-31-34(25-29-49(44)55)35-26-30-50-45(32-35)52-51(56(50)36-15-5-3-6-16-36)42-21-9-10-22-43(42)53(58)57(52)37-17-7-4-8-18-37/h3-33H,1-2H3. The Balaban J connectivity index is 1.10. The average molecular weight is 744 g/mol. The van der Waals surface area contributed by atoms with Crippen molar-refractivity contribution in [3.05, 3.63) is 210 Å². The van der Waals surface area contributed by atoms with Crippen molar-refractivity contribution in [3.8, 4) is 39.3 Å². The Morgan fingerprint density at radius 1 is 0.362 bits per heavy atom. The van der Waals surface area contributed by atoms with Crippen molar-refractivity contribution in [1.29, 1.82) is 0 Å². The van der Waals surface area contributed by atoms with Gasteiger partial charge in [0.05, 0.1) is 27.6 Å². The number of nitrogens with zero attached hydrogens (tertiary/aromatic N) is 3. The van der Waals surface area contributed by atoms with Gasteiger partial charge in [0.15, 0.2) is 0 Å². The molecule has 58 heavy (non-hydrogen) atoms. The molecule has 0 spiro atoms. The van der Waals surface area contributed by atoms with Crippen LogP contribution < -0.4 is 5.56 Å². The third-order valence-electron chi connectivity index (χ3n) is 12.6. The van der Waals surface area contributed by atoms with E-state index in [0.717, 1.165) is 49.8 Å². The van der Waals surface area contributed by atoms with Gasteiger partial charge in [0.2, 0.25) is 0 Å². The molecule has 1 aliphatic carbocycles. The van der Waals surface area contributed by atoms with Crippen LogP contribution in [0.2, 0.25) is 0 Å². The van der Waals surface area contributed by atoms with Gasteiger partial charge >= 0.3 is 0 Å². The fourth-order valence-corrected chi connectivity index (χ4v) is 9.96. The molecule has 4 heteroatoms. The molecule has 0 unspecified atom stereocenters. The SMILES string of the molecule is CC1(C)c2ccccc2-c2ccc(-n3c4ccccc4c4cc(-c5ccc6c(c5)c5c(c7ccccc7c(=O)n5-c5ccccc5)n6-c5ccccc5)ccc43)cc21. The molecule has 0 saturated carbocycles. The summed E-state index contributed by atoms with van der Waals surface area (Å²) in [6.07, 6.45) is 0. The van der Waals surface area contributed by atoms with Crippen molar-refractivity contribution < 1.29 is 0 Å². The smallest absolute Gasteiger partial charge is 0.263 e. The summed E-state index contributed by atoms with van der Waals surface area (Å²) >= 11 is 0. The van der Waals surface area contributed by atoms with E-state index >= 15 is 0 Å². The molecular formula is C54H37N3O. The second-order valence-electron chi connectivity index (χ2n) is 16.1. The Bertz CT molecular complexity index is 3550. The van der Waals surface area contributed by atoms with E-state index in [2.05, 4.69) is 156 Å². The number of pyridine rings is 1. The number of para-hydroxylation sites is 3. The van der Waals surface area contributed by atoms with Gasteiger partial charge in [0.1, 0.15) is 0 Å². The first-order chi connectivity index (χ1) is 28.5. The van der Waals surface area contributed by atoms with Gasteiger partial charge < -0.3 is 9.13 Å². The van der Waals surface area contributed by atoms with Crippen LogP contribution in [0.5, 0.6) is 0 Å². The van der Waals surface area contributed by atoms with Crippen molar-refractivity contribution in [2.75, 3.05) is 0 Å². The molecule has 11 aromatic rings. The molecule has 0 atom stereocenters. The molecule has 12 rings (SSSR count). The van der Waals surface area contributed by atoms with E-state index in [1.807, 2.05) is 59.2 Å². The highest BCUT2D eigenvalue weighted by Gasteiger charge is 2.35. The zero-order valence-corrected chi connectivity index (χ0v) is 32.1. The van der Waals surface area contributed by atoms with Gasteiger partial charge in [-0.1, -0.05) is 129 Å². The first-order valence-electron chi connectivity index (χ1n) is 20.0. The minimum Gasteiger partial charge on any atom is -0.309 e. The normalized spacial score (nSPS) is 13.2. The summed E-state index contributed by atoms with van der Waals surface area (Å²) in [6.45, 7) is 4.69. The number of rotatable bonds is 4. The summed E-state index contributed by atoms with van der Waals surface area (Å²) in [5.41, 5.74) is 15.9. The minimum atomic E-state index is -0.0893. The summed E-state index contributed by atoms with van der Waals surface area (Å²) in [6, 6.07) is 66.7. The number of hydrogen-bond donors (Lipinski definition) is 0. The number of benzene rings is 8. The van der Waals surface area contributed by atoms with E-state index in [1.165, 1.54) is 49.7 Å². The minimum absolute atomic E-state index is 0.0279. The molecule has 3 heterocycles. The highest BCUT2D eigenvalue weighted by molar-refractivity contribution is 6.18. The van der Waals surface area contributed by atoms with Gasteiger partial charge in [-0.2, -0.15) is 0 Å². The van der Waals surface area contributed by atoms with Crippen molar-refractivity contribution in [2.45, 2.75) is 19.3 Å². The Morgan fingerprint density at radius 3 is 1.64 bits per heavy atom. The maximum Gasteiger partial charge on any atom is 0.263 e. The third-order valence-corrected chi connectivity index (χ3v) is 12.6. The van der Waals surface area contributed by atoms with Crippen LogP contribution in [0, 0.1) is 0 Å². The van der Waals surface area contributed by atoms with E-state index in [4.69, 9.17) is 0 Å². The fraction of sp³-hybridized carbons (Fsp3) is 0.0556. The quantitative estimate of drug-likeness (QED) is 0.177. The van der Waals surface area contributed by atoms with E-state index < -0.39 is 0 Å². The molecule has 4 nitrogen and oxygen atoms in total. The van der Waals surface area contributed by atoms with Gasteiger partial charge in [0.25, 0.3) is 5.56 Å². The van der Waals surface area contributed by atoms with Gasteiger partial charge in [-0.25, -0.2) is 0 Å². The van der Waals surface area contributed by atoms with Crippen LogP contribution in [-0.4, -0.2) is 13.7 Å². The third kappa shape index (κ3) is 4.48. The van der Waals surface area contributed by atoms with Crippen LogP contribution in [0.1, 0.15) is 25.0 Å². The highest BCUT2D eigenvalue weighted by atomic mass is 16.1. The van der Waals surface area contributed by atoms with Gasteiger partial charge in [-0.3, -0.25) is 9.36 Å². The highest BCUT2D eigenvalue weighted by Crippen LogP contribution is 2.49. The number of fused-ring (bicyclic) bond motifs is 11. The van der Waals surface area contributed by atoms with E-state index in [0.29, 0.717) is 5.39 Å². The summed E-state index contributed by atoms with van der Waals surface area (Å²) in [5.74, 6) is 0. The van der Waals surface area contributed by atoms with Crippen molar-refractivity contribution in [3.63, 3.8) is 0 Å². The zero-order valence-electron chi connectivity index (χ0n) is 32.1. The van der Waals surface area contributed by atoms with Gasteiger partial charge in [-0.05, 0) is 106 Å². The van der Waals surface area contributed by atoms with Crippen LogP contribution in [0.25, 0.3) is 93.8 Å². The molecule has 0 aliphatic heterocycles. The molecule has 3 aromatic heterocycles. The summed E-state index contributed by atoms with van der Waals surface area (Å²) < 4.78 is 6.66. The van der Waals surface area contributed by atoms with Crippen LogP contribution in [-0.2, 0) is 5.41 Å². The van der Waals surface area contributed by atoms with Crippen molar-refractivity contribution >= 4 is 54.5 Å². The van der Waals surface area contributed by atoms with Gasteiger partial charge in [0, 0.05) is 49.4 Å². The number of aromatic nitrogens is 3. The molecule has 0 fully saturated rings. The second kappa shape index (κ2) is 12.0. The lowest BCUT2D eigenvalue weighted by Crippen LogP contribution is -2.19. The maximum atomic E-state index is 14.6. The van der Waals surface area contributed by atoms with E-state index in [9.17, 15) is 4.79 Å². The molecule has 0 amide bonds. The van der Waals surface area contributed by atoms with Crippen molar-refractivity contribution in [2.24, 2.45) is 0 Å². The topological polar surface area (TPSA) is 31.9 Å². The average Bonchev–Trinajstić information content (AvgIpc) is 3.87. The monoisotopic (exact) mass is 743 g/mol. The Labute approximate surface area is 335 Å². The van der Waals surface area contributed by atoms with Gasteiger partial charge in [-0.15, -0.1) is 0 Å². The Morgan fingerprint density at radius 2 is 0.897 bits per heavy atom. The zero-order chi connectivity index (χ0) is 38.7. The lowest BCUT2D eigenvalue weighted by molar-refractivity contribution is 0.660. The molecule has 0 bridgehead atoms. The summed E-state index contributed by atoms with van der Waals surface area (Å²) in [7, 11) is 0. The van der Waals surface area contributed by atoms with E-state index in [1.54, 1.807) is 0 Å². The van der Waals surface area contributed by atoms with Crippen LogP contribution in [0.15, 0.2) is 193 Å². The largest absolute Gasteiger partial charge is 0.309 e. The van der Waals surface area contributed by atoms with E-state index in [-0.39, 0.29) is 11.0 Å². The molecular weight excluding hydrogens is 707 g/mol.